The molecule has 3 nitrogen and oxygen atoms in total. The molecular weight excluding hydrogens is 262 g/mol. The van der Waals surface area contributed by atoms with Crippen molar-refractivity contribution < 1.29 is 9.47 Å². The zero-order valence-electron chi connectivity index (χ0n) is 13.9. The first-order valence-electron chi connectivity index (χ1n) is 8.13. The van der Waals surface area contributed by atoms with Crippen LogP contribution in [-0.2, 0) is 6.42 Å². The molecule has 1 aliphatic rings. The lowest BCUT2D eigenvalue weighted by Crippen LogP contribution is -2.43. The number of ether oxygens (including phenoxy) is 2. The predicted molar refractivity (Wildman–Crippen MR) is 87.3 cm³/mol. The Morgan fingerprint density at radius 3 is 2.67 bits per heavy atom. The zero-order chi connectivity index (χ0) is 15.3. The Bertz CT molecular complexity index is 451. The summed E-state index contributed by atoms with van der Waals surface area (Å²) in [6, 6.07) is 6.35. The van der Waals surface area contributed by atoms with Crippen LogP contribution in [0.25, 0.3) is 0 Å². The Balaban J connectivity index is 2.17. The molecule has 1 aromatic rings. The first-order chi connectivity index (χ1) is 10.1. The molecule has 1 saturated heterocycles. The van der Waals surface area contributed by atoms with Crippen LogP contribution in [0.5, 0.6) is 11.5 Å². The van der Waals surface area contributed by atoms with Crippen LogP contribution in [0.15, 0.2) is 18.2 Å². The number of nitrogens with one attached hydrogen (secondary N) is 1. The summed E-state index contributed by atoms with van der Waals surface area (Å²) in [5, 5.41) is 3.76. The SMILES string of the molecule is CCOc1ccc(CC2(CC(C)C)CCCN2)cc1OC. The molecule has 1 unspecified atom stereocenters. The van der Waals surface area contributed by atoms with E-state index in [0.717, 1.165) is 24.5 Å². The van der Waals surface area contributed by atoms with Gasteiger partial charge in [-0.15, -0.1) is 0 Å². The number of benzene rings is 1. The van der Waals surface area contributed by atoms with Crippen molar-refractivity contribution in [2.75, 3.05) is 20.3 Å². The summed E-state index contributed by atoms with van der Waals surface area (Å²) in [4.78, 5) is 0. The van der Waals surface area contributed by atoms with E-state index in [1.165, 1.54) is 24.8 Å². The summed E-state index contributed by atoms with van der Waals surface area (Å²) in [7, 11) is 1.71. The highest BCUT2D eigenvalue weighted by atomic mass is 16.5. The first kappa shape index (κ1) is 16.2. The molecule has 1 atom stereocenters. The van der Waals surface area contributed by atoms with Gasteiger partial charge in [-0.1, -0.05) is 19.9 Å². The highest BCUT2D eigenvalue weighted by Crippen LogP contribution is 2.34. The van der Waals surface area contributed by atoms with Crippen LogP contribution >= 0.6 is 0 Å². The van der Waals surface area contributed by atoms with Crippen molar-refractivity contribution in [1.29, 1.82) is 0 Å². The summed E-state index contributed by atoms with van der Waals surface area (Å²) in [6.07, 6.45) is 4.83. The molecule has 21 heavy (non-hydrogen) atoms. The number of hydrogen-bond acceptors (Lipinski definition) is 3. The minimum Gasteiger partial charge on any atom is -0.493 e. The van der Waals surface area contributed by atoms with E-state index in [4.69, 9.17) is 9.47 Å². The van der Waals surface area contributed by atoms with Gasteiger partial charge >= 0.3 is 0 Å². The van der Waals surface area contributed by atoms with E-state index >= 15 is 0 Å². The smallest absolute Gasteiger partial charge is 0.161 e. The largest absolute Gasteiger partial charge is 0.493 e. The Hall–Kier alpha value is -1.22. The maximum absolute atomic E-state index is 5.60. The third-order valence-electron chi connectivity index (χ3n) is 4.20. The summed E-state index contributed by atoms with van der Waals surface area (Å²) in [5.74, 6) is 2.38. The van der Waals surface area contributed by atoms with Crippen LogP contribution in [0, 0.1) is 5.92 Å². The topological polar surface area (TPSA) is 30.5 Å². The Labute approximate surface area is 129 Å². The number of rotatable bonds is 7. The predicted octanol–water partition coefficient (Wildman–Crippen LogP) is 3.80. The van der Waals surface area contributed by atoms with Crippen LogP contribution in [-0.4, -0.2) is 25.8 Å². The van der Waals surface area contributed by atoms with E-state index < -0.39 is 0 Å². The molecular formula is C18H29NO2. The molecule has 1 fully saturated rings. The van der Waals surface area contributed by atoms with Gasteiger partial charge in [0, 0.05) is 5.54 Å². The minimum absolute atomic E-state index is 0.256. The normalized spacial score (nSPS) is 21.8. The lowest BCUT2D eigenvalue weighted by molar-refractivity contribution is 0.298. The van der Waals surface area contributed by atoms with Crippen molar-refractivity contribution in [3.05, 3.63) is 23.8 Å². The molecule has 0 aliphatic carbocycles. The highest BCUT2D eigenvalue weighted by Gasteiger charge is 2.34. The van der Waals surface area contributed by atoms with Crippen LogP contribution < -0.4 is 14.8 Å². The summed E-state index contributed by atoms with van der Waals surface area (Å²) in [6.45, 7) is 8.41. The van der Waals surface area contributed by atoms with E-state index in [-0.39, 0.29) is 5.54 Å². The lowest BCUT2D eigenvalue weighted by atomic mass is 9.82. The number of hydrogen-bond donors (Lipinski definition) is 1. The quantitative estimate of drug-likeness (QED) is 0.829. The fraction of sp³-hybridized carbons (Fsp3) is 0.667. The van der Waals surface area contributed by atoms with Gasteiger partial charge in [0.1, 0.15) is 0 Å². The van der Waals surface area contributed by atoms with Gasteiger partial charge in [0.25, 0.3) is 0 Å². The molecule has 3 heteroatoms. The molecule has 1 N–H and O–H groups in total. The van der Waals surface area contributed by atoms with Gasteiger partial charge in [-0.05, 0) is 62.8 Å². The average molecular weight is 291 g/mol. The minimum atomic E-state index is 0.256. The molecule has 1 heterocycles. The standard InChI is InChI=1S/C18H29NO2/c1-5-21-16-8-7-15(11-17(16)20-4)13-18(12-14(2)3)9-6-10-19-18/h7-8,11,14,19H,5-6,9-10,12-13H2,1-4H3. The van der Waals surface area contributed by atoms with Crippen molar-refractivity contribution in [3.63, 3.8) is 0 Å². The third-order valence-corrected chi connectivity index (χ3v) is 4.20. The summed E-state index contributed by atoms with van der Waals surface area (Å²) >= 11 is 0. The van der Waals surface area contributed by atoms with Gasteiger partial charge in [-0.3, -0.25) is 0 Å². The lowest BCUT2D eigenvalue weighted by Gasteiger charge is -2.32. The Morgan fingerprint density at radius 2 is 2.10 bits per heavy atom. The molecule has 1 aliphatic heterocycles. The van der Waals surface area contributed by atoms with Crippen molar-refractivity contribution in [1.82, 2.24) is 5.32 Å². The second-order valence-electron chi connectivity index (χ2n) is 6.50. The van der Waals surface area contributed by atoms with Gasteiger partial charge < -0.3 is 14.8 Å². The van der Waals surface area contributed by atoms with Crippen LogP contribution in [0.2, 0.25) is 0 Å². The molecule has 0 saturated carbocycles. The molecule has 2 rings (SSSR count). The van der Waals surface area contributed by atoms with Crippen molar-refractivity contribution in [2.45, 2.75) is 52.0 Å². The highest BCUT2D eigenvalue weighted by molar-refractivity contribution is 5.43. The second-order valence-corrected chi connectivity index (χ2v) is 6.50. The zero-order valence-corrected chi connectivity index (χ0v) is 13.9. The van der Waals surface area contributed by atoms with Gasteiger partial charge in [-0.25, -0.2) is 0 Å². The third kappa shape index (κ3) is 4.13. The van der Waals surface area contributed by atoms with E-state index in [9.17, 15) is 0 Å². The van der Waals surface area contributed by atoms with Crippen molar-refractivity contribution >= 4 is 0 Å². The van der Waals surface area contributed by atoms with E-state index in [2.05, 4.69) is 31.3 Å². The average Bonchev–Trinajstić information content (AvgIpc) is 2.88. The van der Waals surface area contributed by atoms with Crippen LogP contribution in [0.4, 0.5) is 0 Å². The maximum Gasteiger partial charge on any atom is 0.161 e. The van der Waals surface area contributed by atoms with E-state index in [1.54, 1.807) is 7.11 Å². The van der Waals surface area contributed by atoms with E-state index in [1.807, 2.05) is 13.0 Å². The first-order valence-corrected chi connectivity index (χ1v) is 8.13. The molecule has 1 aromatic carbocycles. The summed E-state index contributed by atoms with van der Waals surface area (Å²) in [5.41, 5.74) is 1.58. The van der Waals surface area contributed by atoms with E-state index in [0.29, 0.717) is 12.5 Å². The maximum atomic E-state index is 5.60. The summed E-state index contributed by atoms with van der Waals surface area (Å²) < 4.78 is 11.1. The Morgan fingerprint density at radius 1 is 1.29 bits per heavy atom. The fourth-order valence-electron chi connectivity index (χ4n) is 3.53. The number of methoxy groups -OCH3 is 1. The van der Waals surface area contributed by atoms with Crippen molar-refractivity contribution in [3.8, 4) is 11.5 Å². The fourth-order valence-corrected chi connectivity index (χ4v) is 3.53. The van der Waals surface area contributed by atoms with Crippen LogP contribution in [0.1, 0.15) is 45.6 Å². The van der Waals surface area contributed by atoms with Gasteiger partial charge in [-0.2, -0.15) is 0 Å². The second kappa shape index (κ2) is 7.17. The molecule has 0 aromatic heterocycles. The molecule has 118 valence electrons. The van der Waals surface area contributed by atoms with Crippen LogP contribution in [0.3, 0.4) is 0 Å². The van der Waals surface area contributed by atoms with Crippen molar-refractivity contribution in [2.24, 2.45) is 5.92 Å². The molecule has 0 bridgehead atoms. The molecule has 0 amide bonds. The van der Waals surface area contributed by atoms with Gasteiger partial charge in [0.2, 0.25) is 0 Å². The molecule has 0 radical (unpaired) electrons. The van der Waals surface area contributed by atoms with Gasteiger partial charge in [0.15, 0.2) is 11.5 Å². The molecule has 0 spiro atoms. The Kier molecular flexibility index (Phi) is 5.51. The van der Waals surface area contributed by atoms with Gasteiger partial charge in [0.05, 0.1) is 13.7 Å². The monoisotopic (exact) mass is 291 g/mol.